The minimum absolute atomic E-state index is 0.0317. The number of carbonyl (C=O) groups is 1. The van der Waals surface area contributed by atoms with E-state index in [1.807, 2.05) is 21.0 Å². The van der Waals surface area contributed by atoms with Crippen LogP contribution in [0.3, 0.4) is 0 Å². The van der Waals surface area contributed by atoms with E-state index in [-0.39, 0.29) is 11.9 Å². The molecule has 2 heterocycles. The Morgan fingerprint density at radius 3 is 2.72 bits per heavy atom. The second-order valence-corrected chi connectivity index (χ2v) is 6.01. The number of rotatable bonds is 3. The quantitative estimate of drug-likeness (QED) is 0.812. The fraction of sp³-hybridized carbons (Fsp3) is 0.929. The van der Waals surface area contributed by atoms with Crippen molar-refractivity contribution in [1.82, 2.24) is 15.1 Å². The molecule has 2 aliphatic heterocycles. The van der Waals surface area contributed by atoms with Crippen molar-refractivity contribution in [1.29, 1.82) is 0 Å². The summed E-state index contributed by atoms with van der Waals surface area (Å²) >= 11 is 0. The summed E-state index contributed by atoms with van der Waals surface area (Å²) in [6, 6.07) is 0.721. The highest BCUT2D eigenvalue weighted by Crippen LogP contribution is 2.25. The van der Waals surface area contributed by atoms with Gasteiger partial charge in [-0.05, 0) is 51.6 Å². The minimum atomic E-state index is 0.0317. The summed E-state index contributed by atoms with van der Waals surface area (Å²) in [5.41, 5.74) is 0. The van der Waals surface area contributed by atoms with Gasteiger partial charge in [0.15, 0.2) is 0 Å². The fourth-order valence-corrected chi connectivity index (χ4v) is 3.36. The van der Waals surface area contributed by atoms with Gasteiger partial charge >= 0.3 is 0 Å². The average Bonchev–Trinajstić information content (AvgIpc) is 2.91. The normalized spacial score (nSPS) is 31.3. The van der Waals surface area contributed by atoms with Crippen LogP contribution in [0.15, 0.2) is 0 Å². The first-order valence-corrected chi connectivity index (χ1v) is 7.28. The van der Waals surface area contributed by atoms with Crippen LogP contribution in [-0.2, 0) is 4.79 Å². The average molecular weight is 253 g/mol. The number of nitrogens with one attached hydrogen (secondary N) is 1. The summed E-state index contributed by atoms with van der Waals surface area (Å²) in [6.07, 6.45) is 5.17. The maximum Gasteiger partial charge on any atom is 0.239 e. The molecular formula is C14H27N3O. The van der Waals surface area contributed by atoms with Gasteiger partial charge in [-0.25, -0.2) is 0 Å². The van der Waals surface area contributed by atoms with E-state index in [0.717, 1.165) is 19.0 Å². The van der Waals surface area contributed by atoms with Crippen molar-refractivity contribution in [3.8, 4) is 0 Å². The van der Waals surface area contributed by atoms with Crippen molar-refractivity contribution in [3.05, 3.63) is 0 Å². The van der Waals surface area contributed by atoms with E-state index in [4.69, 9.17) is 0 Å². The van der Waals surface area contributed by atoms with E-state index in [2.05, 4.69) is 10.2 Å². The van der Waals surface area contributed by atoms with Gasteiger partial charge in [0, 0.05) is 26.7 Å². The molecule has 0 aromatic rings. The SMILES string of the molecule is CC(C(=O)N(C)C)N1CCCC(C2CCCN2)C1. The van der Waals surface area contributed by atoms with Gasteiger partial charge in [0.1, 0.15) is 0 Å². The molecule has 104 valence electrons. The summed E-state index contributed by atoms with van der Waals surface area (Å²) in [6.45, 7) is 5.38. The largest absolute Gasteiger partial charge is 0.347 e. The van der Waals surface area contributed by atoms with Gasteiger partial charge in [0.2, 0.25) is 5.91 Å². The lowest BCUT2D eigenvalue weighted by Crippen LogP contribution is -2.51. The molecule has 0 aromatic carbocycles. The zero-order valence-electron chi connectivity index (χ0n) is 12.0. The molecule has 0 aromatic heterocycles. The lowest BCUT2D eigenvalue weighted by molar-refractivity contribution is -0.134. The number of carbonyl (C=O) groups excluding carboxylic acids is 1. The van der Waals surface area contributed by atoms with Crippen molar-refractivity contribution in [3.63, 3.8) is 0 Å². The first-order valence-electron chi connectivity index (χ1n) is 7.28. The maximum atomic E-state index is 12.0. The second kappa shape index (κ2) is 6.02. The number of amides is 1. The summed E-state index contributed by atoms with van der Waals surface area (Å²) in [7, 11) is 3.69. The molecule has 0 bridgehead atoms. The third-order valence-corrected chi connectivity index (χ3v) is 4.50. The van der Waals surface area contributed by atoms with E-state index in [9.17, 15) is 4.79 Å². The highest BCUT2D eigenvalue weighted by molar-refractivity contribution is 5.80. The summed E-state index contributed by atoms with van der Waals surface area (Å²) in [5.74, 6) is 0.966. The Hall–Kier alpha value is -0.610. The molecule has 2 fully saturated rings. The first kappa shape index (κ1) is 13.8. The molecule has 0 saturated carbocycles. The van der Waals surface area contributed by atoms with Crippen LogP contribution < -0.4 is 5.32 Å². The summed E-state index contributed by atoms with van der Waals surface area (Å²) in [5, 5.41) is 3.62. The Bertz CT molecular complexity index is 287. The van der Waals surface area contributed by atoms with Crippen LogP contribution >= 0.6 is 0 Å². The predicted octanol–water partition coefficient (Wildman–Crippen LogP) is 0.927. The minimum Gasteiger partial charge on any atom is -0.347 e. The van der Waals surface area contributed by atoms with Crippen LogP contribution in [0.5, 0.6) is 0 Å². The third kappa shape index (κ3) is 3.04. The van der Waals surface area contributed by atoms with E-state index in [0.29, 0.717) is 6.04 Å². The number of hydrogen-bond acceptors (Lipinski definition) is 3. The lowest BCUT2D eigenvalue weighted by atomic mass is 9.89. The Balaban J connectivity index is 1.91. The van der Waals surface area contributed by atoms with Crippen LogP contribution in [0.25, 0.3) is 0 Å². The molecule has 1 N–H and O–H groups in total. The van der Waals surface area contributed by atoms with Gasteiger partial charge in [-0.15, -0.1) is 0 Å². The molecule has 0 aliphatic carbocycles. The molecule has 2 aliphatic rings. The van der Waals surface area contributed by atoms with Gasteiger partial charge < -0.3 is 10.2 Å². The zero-order chi connectivity index (χ0) is 13.1. The van der Waals surface area contributed by atoms with Crippen LogP contribution in [-0.4, -0.2) is 61.5 Å². The molecule has 1 amide bonds. The van der Waals surface area contributed by atoms with Crippen molar-refractivity contribution in [2.75, 3.05) is 33.7 Å². The Morgan fingerprint density at radius 1 is 1.33 bits per heavy atom. The van der Waals surface area contributed by atoms with Crippen molar-refractivity contribution < 1.29 is 4.79 Å². The molecule has 18 heavy (non-hydrogen) atoms. The second-order valence-electron chi connectivity index (χ2n) is 6.01. The van der Waals surface area contributed by atoms with E-state index in [1.54, 1.807) is 4.90 Å². The summed E-state index contributed by atoms with van der Waals surface area (Å²) in [4.78, 5) is 16.1. The molecule has 4 heteroatoms. The standard InChI is InChI=1S/C14H27N3O/c1-11(14(18)16(2)3)17-9-5-6-12(10-17)13-7-4-8-15-13/h11-13,15H,4-10H2,1-3H3. The monoisotopic (exact) mass is 253 g/mol. The maximum absolute atomic E-state index is 12.0. The fourth-order valence-electron chi connectivity index (χ4n) is 3.36. The molecule has 4 nitrogen and oxygen atoms in total. The van der Waals surface area contributed by atoms with Gasteiger partial charge in [-0.2, -0.15) is 0 Å². The van der Waals surface area contributed by atoms with Gasteiger partial charge in [-0.1, -0.05) is 0 Å². The number of likely N-dealkylation sites (tertiary alicyclic amines) is 1. The van der Waals surface area contributed by atoms with Crippen LogP contribution in [0.1, 0.15) is 32.6 Å². The van der Waals surface area contributed by atoms with Crippen molar-refractivity contribution >= 4 is 5.91 Å². The number of nitrogens with zero attached hydrogens (tertiary/aromatic N) is 2. The highest BCUT2D eigenvalue weighted by atomic mass is 16.2. The molecule has 0 radical (unpaired) electrons. The zero-order valence-corrected chi connectivity index (χ0v) is 12.0. The molecule has 2 rings (SSSR count). The Labute approximate surface area is 111 Å². The van der Waals surface area contributed by atoms with Crippen LogP contribution in [0, 0.1) is 5.92 Å². The number of likely N-dealkylation sites (N-methyl/N-ethyl adjacent to an activating group) is 1. The van der Waals surface area contributed by atoms with Gasteiger partial charge in [0.05, 0.1) is 6.04 Å². The Kier molecular flexibility index (Phi) is 4.62. The summed E-state index contributed by atoms with van der Waals surface area (Å²) < 4.78 is 0. The van der Waals surface area contributed by atoms with Crippen LogP contribution in [0.4, 0.5) is 0 Å². The number of piperidine rings is 1. The molecule has 3 atom stereocenters. The number of hydrogen-bond donors (Lipinski definition) is 1. The van der Waals surface area contributed by atoms with E-state index < -0.39 is 0 Å². The van der Waals surface area contributed by atoms with Gasteiger partial charge in [-0.3, -0.25) is 9.69 Å². The van der Waals surface area contributed by atoms with Crippen molar-refractivity contribution in [2.45, 2.75) is 44.7 Å². The van der Waals surface area contributed by atoms with Crippen LogP contribution in [0.2, 0.25) is 0 Å². The molecule has 2 saturated heterocycles. The smallest absolute Gasteiger partial charge is 0.239 e. The molecular weight excluding hydrogens is 226 g/mol. The van der Waals surface area contributed by atoms with E-state index >= 15 is 0 Å². The lowest BCUT2D eigenvalue weighted by Gasteiger charge is -2.39. The van der Waals surface area contributed by atoms with E-state index in [1.165, 1.54) is 32.2 Å². The Morgan fingerprint density at radius 2 is 2.11 bits per heavy atom. The molecule has 3 unspecified atom stereocenters. The first-order chi connectivity index (χ1) is 8.59. The highest BCUT2D eigenvalue weighted by Gasteiger charge is 2.32. The van der Waals surface area contributed by atoms with Gasteiger partial charge in [0.25, 0.3) is 0 Å². The topological polar surface area (TPSA) is 35.6 Å². The molecule has 0 spiro atoms. The predicted molar refractivity (Wildman–Crippen MR) is 73.5 cm³/mol. The van der Waals surface area contributed by atoms with Crippen molar-refractivity contribution in [2.24, 2.45) is 5.92 Å². The third-order valence-electron chi connectivity index (χ3n) is 4.50.